The molecule has 0 aromatic heterocycles. The van der Waals surface area contributed by atoms with Crippen LogP contribution in [0.3, 0.4) is 0 Å². The zero-order chi connectivity index (χ0) is 17.3. The fourth-order valence-corrected chi connectivity index (χ4v) is 2.55. The van der Waals surface area contributed by atoms with E-state index in [9.17, 15) is 40.1 Å². The molecule has 2 fully saturated rings. The van der Waals surface area contributed by atoms with E-state index in [4.69, 9.17) is 14.2 Å². The van der Waals surface area contributed by atoms with Crippen molar-refractivity contribution in [1.29, 1.82) is 0 Å². The molecule has 23 heavy (non-hydrogen) atoms. The highest BCUT2D eigenvalue weighted by molar-refractivity contribution is 4.93. The first-order valence-corrected chi connectivity index (χ1v) is 7.03. The number of rotatable bonds is 4. The molecule has 0 spiro atoms. The first-order valence-electron chi connectivity index (χ1n) is 7.03. The van der Waals surface area contributed by atoms with Gasteiger partial charge in [0.25, 0.3) is 0 Å². The van der Waals surface area contributed by atoms with Crippen LogP contribution in [0.2, 0.25) is 0 Å². The number of aliphatic hydroxyl groups is 7. The molecule has 0 amide bonds. The smallest absolute Gasteiger partial charge is 0.187 e. The number of aliphatic hydroxyl groups excluding tert-OH is 7. The van der Waals surface area contributed by atoms with E-state index in [1.807, 2.05) is 0 Å². The monoisotopic (exact) mass is 344 g/mol. The summed E-state index contributed by atoms with van der Waals surface area (Å²) in [6.45, 7) is -1.87. The van der Waals surface area contributed by atoms with E-state index in [0.717, 1.165) is 0 Å². The van der Waals surface area contributed by atoms with E-state index in [-0.39, 0.29) is 0 Å². The summed E-state index contributed by atoms with van der Waals surface area (Å²) < 4.78 is 27.9. The molecule has 0 aromatic rings. The zero-order valence-corrected chi connectivity index (χ0v) is 11.9. The zero-order valence-electron chi connectivity index (χ0n) is 11.9. The van der Waals surface area contributed by atoms with Crippen LogP contribution < -0.4 is 0 Å². The number of halogens is 1. The van der Waals surface area contributed by atoms with Crippen molar-refractivity contribution < 1.29 is 54.3 Å². The Hall–Kier alpha value is -0.470. The van der Waals surface area contributed by atoms with Crippen molar-refractivity contribution in [1.82, 2.24) is 0 Å². The highest BCUT2D eigenvalue weighted by atomic mass is 19.1. The van der Waals surface area contributed by atoms with Crippen molar-refractivity contribution in [3.05, 3.63) is 0 Å². The van der Waals surface area contributed by atoms with Gasteiger partial charge in [-0.1, -0.05) is 0 Å². The number of alkyl halides is 1. The lowest BCUT2D eigenvalue weighted by Crippen LogP contribution is -2.64. The van der Waals surface area contributed by atoms with Crippen molar-refractivity contribution in [2.45, 2.75) is 61.4 Å². The maximum absolute atomic E-state index is 12.8. The molecular formula is C12H21FO10. The van der Waals surface area contributed by atoms with E-state index in [1.165, 1.54) is 0 Å². The molecule has 11 heteroatoms. The van der Waals surface area contributed by atoms with Gasteiger partial charge in [0.05, 0.1) is 6.61 Å². The van der Waals surface area contributed by atoms with E-state index in [0.29, 0.717) is 0 Å². The topological polar surface area (TPSA) is 169 Å². The van der Waals surface area contributed by atoms with Crippen LogP contribution >= 0.6 is 0 Å². The Morgan fingerprint density at radius 1 is 0.783 bits per heavy atom. The predicted octanol–water partition coefficient (Wildman–Crippen LogP) is -4.42. The van der Waals surface area contributed by atoms with Crippen LogP contribution in [0.15, 0.2) is 0 Å². The second-order valence-corrected chi connectivity index (χ2v) is 5.50. The minimum atomic E-state index is -1.77. The summed E-state index contributed by atoms with van der Waals surface area (Å²) in [5.41, 5.74) is 0. The number of ether oxygens (including phenoxy) is 3. The molecule has 0 radical (unpaired) electrons. The molecule has 0 aromatic carbocycles. The lowest BCUT2D eigenvalue weighted by molar-refractivity contribution is -0.354. The van der Waals surface area contributed by atoms with Gasteiger partial charge < -0.3 is 50.0 Å². The van der Waals surface area contributed by atoms with Gasteiger partial charge >= 0.3 is 0 Å². The molecule has 2 heterocycles. The van der Waals surface area contributed by atoms with Gasteiger partial charge in [-0.25, -0.2) is 4.39 Å². The predicted molar refractivity (Wildman–Crippen MR) is 67.5 cm³/mol. The van der Waals surface area contributed by atoms with Crippen LogP contribution in [0.5, 0.6) is 0 Å². The maximum Gasteiger partial charge on any atom is 0.187 e. The second-order valence-electron chi connectivity index (χ2n) is 5.50. The Kier molecular flexibility index (Phi) is 6.24. The van der Waals surface area contributed by atoms with Crippen molar-refractivity contribution >= 4 is 0 Å². The molecule has 0 saturated carbocycles. The minimum Gasteiger partial charge on any atom is -0.394 e. The van der Waals surface area contributed by atoms with Gasteiger partial charge in [0.15, 0.2) is 12.6 Å². The SMILES string of the molecule is OC[C@H]1O[C@@H](O)[C@H](O)[C@@H](O)[C@@H]1O[C@@H]1O[C@H](CF)[C@H](O)[C@H](O)[C@H]1O. The lowest BCUT2D eigenvalue weighted by Gasteiger charge is -2.45. The Bertz CT molecular complexity index is 383. The molecule has 136 valence electrons. The summed E-state index contributed by atoms with van der Waals surface area (Å²) in [6, 6.07) is 0. The molecular weight excluding hydrogens is 323 g/mol. The van der Waals surface area contributed by atoms with Crippen molar-refractivity contribution in [3.63, 3.8) is 0 Å². The molecule has 10 atom stereocenters. The highest BCUT2D eigenvalue weighted by Crippen LogP contribution is 2.28. The summed E-state index contributed by atoms with van der Waals surface area (Å²) in [5.74, 6) is 0. The Morgan fingerprint density at radius 3 is 2.00 bits per heavy atom. The minimum absolute atomic E-state index is 0.702. The third kappa shape index (κ3) is 3.64. The summed E-state index contributed by atoms with van der Waals surface area (Å²) in [4.78, 5) is 0. The van der Waals surface area contributed by atoms with Crippen molar-refractivity contribution in [2.75, 3.05) is 13.3 Å². The van der Waals surface area contributed by atoms with Gasteiger partial charge in [-0.05, 0) is 0 Å². The van der Waals surface area contributed by atoms with Crippen LogP contribution in [0.4, 0.5) is 4.39 Å². The van der Waals surface area contributed by atoms with Crippen LogP contribution in [0, 0.1) is 0 Å². The quantitative estimate of drug-likeness (QED) is 0.264. The van der Waals surface area contributed by atoms with Crippen molar-refractivity contribution in [2.24, 2.45) is 0 Å². The fourth-order valence-electron chi connectivity index (χ4n) is 2.55. The van der Waals surface area contributed by atoms with Gasteiger partial charge in [-0.15, -0.1) is 0 Å². The van der Waals surface area contributed by atoms with Crippen LogP contribution in [0.25, 0.3) is 0 Å². The van der Waals surface area contributed by atoms with Gasteiger partial charge in [-0.3, -0.25) is 0 Å². The molecule has 2 aliphatic heterocycles. The standard InChI is InChI=1S/C12H21FO10/c13-1-3-5(15)6(16)9(19)12(22-3)23-10-4(2-14)21-11(20)8(18)7(10)17/h3-12,14-20H,1-2H2/t3-,4-,5+,6+,7-,8-,9-,10-,11-,12+/m1/s1. The largest absolute Gasteiger partial charge is 0.394 e. The third-order valence-corrected chi connectivity index (χ3v) is 3.95. The normalized spacial score (nSPS) is 51.7. The molecule has 0 unspecified atom stereocenters. The van der Waals surface area contributed by atoms with E-state index in [1.54, 1.807) is 0 Å². The Balaban J connectivity index is 2.11. The van der Waals surface area contributed by atoms with Gasteiger partial charge in [0.1, 0.15) is 55.5 Å². The van der Waals surface area contributed by atoms with E-state index in [2.05, 4.69) is 0 Å². The summed E-state index contributed by atoms with van der Waals surface area (Å²) >= 11 is 0. The molecule has 7 N–H and O–H groups in total. The molecule has 0 bridgehead atoms. The average molecular weight is 344 g/mol. The van der Waals surface area contributed by atoms with Crippen LogP contribution in [0.1, 0.15) is 0 Å². The molecule has 2 rings (SSSR count). The summed E-state index contributed by atoms with van der Waals surface area (Å²) in [5, 5.41) is 67.1. The fraction of sp³-hybridized carbons (Fsp3) is 1.00. The summed E-state index contributed by atoms with van der Waals surface area (Å²) in [6.07, 6.45) is -16.3. The van der Waals surface area contributed by atoms with Crippen LogP contribution in [-0.4, -0.2) is 110 Å². The maximum atomic E-state index is 12.8. The number of hydrogen-bond acceptors (Lipinski definition) is 10. The van der Waals surface area contributed by atoms with Gasteiger partial charge in [-0.2, -0.15) is 0 Å². The third-order valence-electron chi connectivity index (χ3n) is 3.95. The first-order chi connectivity index (χ1) is 10.8. The Morgan fingerprint density at radius 2 is 1.43 bits per heavy atom. The molecule has 10 nitrogen and oxygen atoms in total. The van der Waals surface area contributed by atoms with Crippen molar-refractivity contribution in [3.8, 4) is 0 Å². The van der Waals surface area contributed by atoms with Gasteiger partial charge in [0.2, 0.25) is 0 Å². The molecule has 2 saturated heterocycles. The Labute approximate surface area is 130 Å². The average Bonchev–Trinajstić information content (AvgIpc) is 2.55. The lowest BCUT2D eigenvalue weighted by atomic mass is 9.97. The van der Waals surface area contributed by atoms with Crippen LogP contribution in [-0.2, 0) is 14.2 Å². The van der Waals surface area contributed by atoms with E-state index < -0.39 is 74.7 Å². The van der Waals surface area contributed by atoms with Gasteiger partial charge in [0, 0.05) is 0 Å². The number of hydrogen-bond donors (Lipinski definition) is 7. The van der Waals surface area contributed by atoms with E-state index >= 15 is 0 Å². The summed E-state index contributed by atoms with van der Waals surface area (Å²) in [7, 11) is 0. The second kappa shape index (κ2) is 7.61. The molecule has 0 aliphatic carbocycles. The molecule has 2 aliphatic rings. The first kappa shape index (κ1) is 18.9. The highest BCUT2D eigenvalue weighted by Gasteiger charge is 2.50.